The van der Waals surface area contributed by atoms with E-state index >= 15 is 0 Å². The number of H-pyrrole nitrogens is 1. The second-order valence-electron chi connectivity index (χ2n) is 8.55. The van der Waals surface area contributed by atoms with Crippen LogP contribution in [0.15, 0.2) is 23.1 Å². The summed E-state index contributed by atoms with van der Waals surface area (Å²) in [4.78, 5) is 14.0. The summed E-state index contributed by atoms with van der Waals surface area (Å²) >= 11 is 6.04. The first kappa shape index (κ1) is 20.9. The molecule has 1 aromatic heterocycles. The maximum Gasteiger partial charge on any atom is 0.283 e. The van der Waals surface area contributed by atoms with Crippen molar-refractivity contribution in [3.05, 3.63) is 50.4 Å². The molecule has 4 rings (SSSR count). The van der Waals surface area contributed by atoms with Crippen molar-refractivity contribution in [1.29, 1.82) is 5.41 Å². The number of nitrogens with zero attached hydrogens (tertiary/aromatic N) is 2. The number of rotatable bonds is 8. The van der Waals surface area contributed by atoms with Crippen LogP contribution in [0, 0.1) is 17.7 Å². The van der Waals surface area contributed by atoms with Gasteiger partial charge in [0.25, 0.3) is 5.56 Å². The molecule has 7 nitrogen and oxygen atoms in total. The van der Waals surface area contributed by atoms with Crippen LogP contribution in [0.3, 0.4) is 0 Å². The van der Waals surface area contributed by atoms with Gasteiger partial charge in [0.15, 0.2) is 0 Å². The van der Waals surface area contributed by atoms with Gasteiger partial charge in [-0.1, -0.05) is 11.6 Å². The van der Waals surface area contributed by atoms with Gasteiger partial charge in [0.05, 0.1) is 12.3 Å². The summed E-state index contributed by atoms with van der Waals surface area (Å²) in [7, 11) is 1.88. The topological polar surface area (TPSA) is 94.1 Å². The molecule has 2 heterocycles. The summed E-state index contributed by atoms with van der Waals surface area (Å²) in [6, 6.07) is 3.91. The quantitative estimate of drug-likeness (QED) is 0.560. The molecule has 160 valence electrons. The molecular weight excluding hydrogens is 402 g/mol. The summed E-state index contributed by atoms with van der Waals surface area (Å²) in [5.41, 5.74) is 3.80. The molecule has 30 heavy (non-hydrogen) atoms. The van der Waals surface area contributed by atoms with Gasteiger partial charge in [-0.3, -0.25) is 4.79 Å². The molecule has 2 fully saturated rings. The van der Waals surface area contributed by atoms with Crippen molar-refractivity contribution in [2.75, 3.05) is 32.0 Å². The summed E-state index contributed by atoms with van der Waals surface area (Å²) < 4.78 is 6.27. The highest BCUT2D eigenvalue weighted by Crippen LogP contribution is 2.50. The number of anilines is 1. The molecule has 1 saturated heterocycles. The molecule has 0 unspecified atom stereocenters. The number of likely N-dealkylation sites (tertiary alicyclic amines) is 1. The van der Waals surface area contributed by atoms with Crippen LogP contribution >= 0.6 is 11.6 Å². The smallest absolute Gasteiger partial charge is 0.283 e. The number of aromatic amines is 1. The molecule has 3 N–H and O–H groups in total. The lowest BCUT2D eigenvalue weighted by atomic mass is 9.61. The molecule has 1 spiro atoms. The van der Waals surface area contributed by atoms with Crippen LogP contribution < -0.4 is 15.6 Å². The van der Waals surface area contributed by atoms with Crippen LogP contribution in [-0.2, 0) is 6.42 Å². The van der Waals surface area contributed by atoms with Gasteiger partial charge in [0, 0.05) is 48.6 Å². The van der Waals surface area contributed by atoms with E-state index in [0.29, 0.717) is 5.41 Å². The third-order valence-electron chi connectivity index (χ3n) is 6.37. The lowest BCUT2D eigenvalue weighted by molar-refractivity contribution is -0.119. The Morgan fingerprint density at radius 2 is 2.20 bits per heavy atom. The van der Waals surface area contributed by atoms with Crippen LogP contribution in [0.4, 0.5) is 5.69 Å². The van der Waals surface area contributed by atoms with Crippen LogP contribution in [0.1, 0.15) is 36.0 Å². The predicted octanol–water partition coefficient (Wildman–Crippen LogP) is 3.25. The van der Waals surface area contributed by atoms with E-state index in [9.17, 15) is 4.79 Å². The number of ether oxygens (including phenoxy) is 1. The van der Waals surface area contributed by atoms with Crippen molar-refractivity contribution in [1.82, 2.24) is 15.1 Å². The van der Waals surface area contributed by atoms with Crippen LogP contribution in [0.5, 0.6) is 5.75 Å². The maximum absolute atomic E-state index is 11.5. The first-order valence-electron chi connectivity index (χ1n) is 10.4. The molecule has 0 radical (unpaired) electrons. The summed E-state index contributed by atoms with van der Waals surface area (Å²) in [6.07, 6.45) is 7.19. The van der Waals surface area contributed by atoms with Crippen molar-refractivity contribution in [3.63, 3.8) is 0 Å². The van der Waals surface area contributed by atoms with Crippen molar-refractivity contribution in [3.8, 4) is 5.75 Å². The van der Waals surface area contributed by atoms with Gasteiger partial charge in [0.2, 0.25) is 0 Å². The van der Waals surface area contributed by atoms with Crippen molar-refractivity contribution >= 4 is 23.5 Å². The van der Waals surface area contributed by atoms with E-state index in [0.717, 1.165) is 73.4 Å². The standard InChI is InChI=1S/C22H28ClN5O2/c1-14-18(6-5-15(10-24)20(14)25-2)30-17-8-22(9-17)12-28(13-22)7-3-4-16-11-26-27-21(29)19(16)23/h5-6,10-11,17,24-25H,3-4,7-9,12-13H2,1-2H3,(H,27,29). The Morgan fingerprint density at radius 3 is 2.90 bits per heavy atom. The van der Waals surface area contributed by atoms with Gasteiger partial charge in [-0.2, -0.15) is 5.10 Å². The average molecular weight is 430 g/mol. The normalized spacial score (nSPS) is 18.0. The minimum atomic E-state index is -0.317. The highest BCUT2D eigenvalue weighted by Gasteiger charge is 2.53. The number of hydrogen-bond acceptors (Lipinski definition) is 6. The van der Waals surface area contributed by atoms with Crippen molar-refractivity contribution in [2.24, 2.45) is 5.41 Å². The lowest BCUT2D eigenvalue weighted by Gasteiger charge is -2.58. The van der Waals surface area contributed by atoms with E-state index in [1.165, 1.54) is 6.21 Å². The van der Waals surface area contributed by atoms with Crippen LogP contribution in [0.2, 0.25) is 5.02 Å². The molecule has 8 heteroatoms. The van der Waals surface area contributed by atoms with Gasteiger partial charge < -0.3 is 20.4 Å². The zero-order chi connectivity index (χ0) is 21.3. The fourth-order valence-corrected chi connectivity index (χ4v) is 5.05. The van der Waals surface area contributed by atoms with Crippen molar-refractivity contribution in [2.45, 2.75) is 38.7 Å². The van der Waals surface area contributed by atoms with E-state index in [1.807, 2.05) is 26.1 Å². The molecule has 1 aliphatic heterocycles. The second-order valence-corrected chi connectivity index (χ2v) is 8.93. The van der Waals surface area contributed by atoms with Gasteiger partial charge in [-0.25, -0.2) is 5.10 Å². The number of halogens is 1. The number of aryl methyl sites for hydroxylation is 1. The lowest BCUT2D eigenvalue weighted by Crippen LogP contribution is -2.64. The first-order valence-corrected chi connectivity index (χ1v) is 10.8. The largest absolute Gasteiger partial charge is 0.490 e. The number of nitrogens with one attached hydrogen (secondary N) is 3. The number of aromatic nitrogens is 2. The highest BCUT2D eigenvalue weighted by atomic mass is 35.5. The minimum Gasteiger partial charge on any atom is -0.490 e. The molecule has 2 aliphatic rings. The van der Waals surface area contributed by atoms with Crippen LogP contribution in [0.25, 0.3) is 0 Å². The van der Waals surface area contributed by atoms with E-state index in [2.05, 4.69) is 20.4 Å². The molecule has 0 amide bonds. The Bertz CT molecular complexity index is 992. The Balaban J connectivity index is 1.22. The van der Waals surface area contributed by atoms with E-state index in [1.54, 1.807) is 6.20 Å². The summed E-state index contributed by atoms with van der Waals surface area (Å²) in [5.74, 6) is 0.907. The minimum absolute atomic E-state index is 0.259. The Labute approximate surface area is 181 Å². The average Bonchev–Trinajstić information content (AvgIpc) is 2.68. The monoisotopic (exact) mass is 429 g/mol. The third-order valence-corrected chi connectivity index (χ3v) is 6.79. The maximum atomic E-state index is 11.5. The zero-order valence-corrected chi connectivity index (χ0v) is 18.2. The Hall–Kier alpha value is -2.38. The van der Waals surface area contributed by atoms with Crippen molar-refractivity contribution < 1.29 is 4.74 Å². The molecule has 0 atom stereocenters. The summed E-state index contributed by atoms with van der Waals surface area (Å²) in [5, 5.41) is 17.1. The molecular formula is C22H28ClN5O2. The zero-order valence-electron chi connectivity index (χ0n) is 17.4. The van der Waals surface area contributed by atoms with E-state index < -0.39 is 0 Å². The number of hydrogen-bond donors (Lipinski definition) is 3. The predicted molar refractivity (Wildman–Crippen MR) is 119 cm³/mol. The highest BCUT2D eigenvalue weighted by molar-refractivity contribution is 6.31. The summed E-state index contributed by atoms with van der Waals surface area (Å²) in [6.45, 7) is 5.27. The third kappa shape index (κ3) is 3.96. The second kappa shape index (κ2) is 8.40. The van der Waals surface area contributed by atoms with Crippen LogP contribution in [-0.4, -0.2) is 54.1 Å². The van der Waals surface area contributed by atoms with Gasteiger partial charge in [-0.05, 0) is 56.8 Å². The Morgan fingerprint density at radius 1 is 1.43 bits per heavy atom. The SMILES string of the molecule is CNc1c(C=N)ccc(OC2CC3(C2)CN(CCCc2cn[nH]c(=O)c2Cl)C3)c1C. The molecule has 2 aromatic rings. The molecule has 1 aromatic carbocycles. The fraction of sp³-hybridized carbons (Fsp3) is 0.500. The van der Waals surface area contributed by atoms with E-state index in [-0.39, 0.29) is 16.7 Å². The number of benzene rings is 1. The van der Waals surface area contributed by atoms with E-state index in [4.69, 9.17) is 21.7 Å². The van der Waals surface area contributed by atoms with Gasteiger partial charge >= 0.3 is 0 Å². The fourth-order valence-electron chi connectivity index (χ4n) is 4.87. The molecule has 1 saturated carbocycles. The van der Waals surface area contributed by atoms with Gasteiger partial charge in [-0.15, -0.1) is 0 Å². The molecule has 0 bridgehead atoms. The van der Waals surface area contributed by atoms with Gasteiger partial charge in [0.1, 0.15) is 10.8 Å². The Kier molecular flexibility index (Phi) is 5.84. The first-order chi connectivity index (χ1) is 14.4. The molecule has 1 aliphatic carbocycles.